The molecule has 0 fully saturated rings. The topological polar surface area (TPSA) is 106 Å². The lowest BCUT2D eigenvalue weighted by Crippen LogP contribution is -2.03. The van der Waals surface area contributed by atoms with E-state index in [1.54, 1.807) is 44.2 Å². The Morgan fingerprint density at radius 1 is 1.08 bits per heavy atom. The van der Waals surface area contributed by atoms with Gasteiger partial charge in [-0.05, 0) is 44.2 Å². The maximum atomic E-state index is 11.2. The molecule has 0 saturated carbocycles. The smallest absolute Gasteiger partial charge is 0.294 e. The highest BCUT2D eigenvalue weighted by molar-refractivity contribution is 5.57. The summed E-state index contributed by atoms with van der Waals surface area (Å²) >= 11 is 0. The standard InChI is InChI=1S/C17H15N5O3/c1-11-17(19-18-13-7-9-14(23)10-8-13)12(2)21(20-11)15-5-3-4-6-16(15)22(24)25/h3-10,23H,1-2H3. The molecule has 0 spiro atoms. The van der Waals surface area contributed by atoms with Gasteiger partial charge in [-0.15, -0.1) is 5.11 Å². The number of aromatic hydroxyl groups is 1. The molecule has 1 aromatic heterocycles. The van der Waals surface area contributed by atoms with Gasteiger partial charge in [0.2, 0.25) is 0 Å². The molecule has 0 bridgehead atoms. The van der Waals surface area contributed by atoms with Gasteiger partial charge in [-0.25, -0.2) is 4.68 Å². The molecule has 0 aliphatic carbocycles. The number of nitro groups is 1. The zero-order valence-corrected chi connectivity index (χ0v) is 13.6. The molecular weight excluding hydrogens is 322 g/mol. The van der Waals surface area contributed by atoms with E-state index in [4.69, 9.17) is 0 Å². The van der Waals surface area contributed by atoms with E-state index in [1.807, 2.05) is 0 Å². The van der Waals surface area contributed by atoms with Crippen LogP contribution >= 0.6 is 0 Å². The molecule has 0 atom stereocenters. The van der Waals surface area contributed by atoms with Gasteiger partial charge >= 0.3 is 0 Å². The van der Waals surface area contributed by atoms with Crippen molar-refractivity contribution in [3.05, 3.63) is 70.0 Å². The Morgan fingerprint density at radius 3 is 2.44 bits per heavy atom. The predicted molar refractivity (Wildman–Crippen MR) is 92.0 cm³/mol. The maximum absolute atomic E-state index is 11.2. The van der Waals surface area contributed by atoms with Crippen molar-refractivity contribution >= 4 is 17.1 Å². The van der Waals surface area contributed by atoms with Gasteiger partial charge in [0.1, 0.15) is 17.1 Å². The van der Waals surface area contributed by atoms with Crippen LogP contribution in [-0.4, -0.2) is 19.8 Å². The fourth-order valence-corrected chi connectivity index (χ4v) is 2.44. The number of aryl methyl sites for hydroxylation is 1. The second-order valence-electron chi connectivity index (χ2n) is 5.39. The minimum absolute atomic E-state index is 0.0323. The number of nitrogens with zero attached hydrogens (tertiary/aromatic N) is 5. The number of hydrogen-bond acceptors (Lipinski definition) is 6. The normalized spacial score (nSPS) is 11.1. The van der Waals surface area contributed by atoms with Crippen molar-refractivity contribution in [1.29, 1.82) is 0 Å². The first-order valence-electron chi connectivity index (χ1n) is 7.48. The van der Waals surface area contributed by atoms with Crippen molar-refractivity contribution in [2.24, 2.45) is 10.2 Å². The van der Waals surface area contributed by atoms with Gasteiger partial charge < -0.3 is 5.11 Å². The minimum atomic E-state index is -0.441. The summed E-state index contributed by atoms with van der Waals surface area (Å²) in [6.45, 7) is 3.55. The molecule has 8 nitrogen and oxygen atoms in total. The van der Waals surface area contributed by atoms with E-state index >= 15 is 0 Å². The van der Waals surface area contributed by atoms with Gasteiger partial charge in [-0.2, -0.15) is 10.2 Å². The van der Waals surface area contributed by atoms with Crippen molar-refractivity contribution in [1.82, 2.24) is 9.78 Å². The van der Waals surface area contributed by atoms with Crippen LogP contribution in [0.4, 0.5) is 17.1 Å². The molecule has 1 N–H and O–H groups in total. The second kappa shape index (κ2) is 6.52. The summed E-state index contributed by atoms with van der Waals surface area (Å²) in [5.41, 5.74) is 2.73. The first-order valence-corrected chi connectivity index (χ1v) is 7.48. The van der Waals surface area contributed by atoms with Crippen molar-refractivity contribution in [3.8, 4) is 11.4 Å². The first kappa shape index (κ1) is 16.3. The Kier molecular flexibility index (Phi) is 4.25. The molecule has 126 valence electrons. The van der Waals surface area contributed by atoms with Crippen LogP contribution in [0.3, 0.4) is 0 Å². The number of phenols is 1. The molecule has 1 heterocycles. The number of aromatic nitrogens is 2. The maximum Gasteiger partial charge on any atom is 0.294 e. The van der Waals surface area contributed by atoms with Crippen LogP contribution in [0.15, 0.2) is 58.8 Å². The Labute approximate surface area is 143 Å². The highest BCUT2D eigenvalue weighted by Crippen LogP contribution is 2.31. The van der Waals surface area contributed by atoms with Crippen LogP contribution in [-0.2, 0) is 0 Å². The summed E-state index contributed by atoms with van der Waals surface area (Å²) in [4.78, 5) is 10.8. The third kappa shape index (κ3) is 3.23. The van der Waals surface area contributed by atoms with E-state index in [0.717, 1.165) is 0 Å². The number of azo groups is 1. The lowest BCUT2D eigenvalue weighted by Gasteiger charge is -2.04. The van der Waals surface area contributed by atoms with E-state index in [9.17, 15) is 15.2 Å². The van der Waals surface area contributed by atoms with E-state index in [1.165, 1.54) is 22.9 Å². The number of hydrogen-bond donors (Lipinski definition) is 1. The van der Waals surface area contributed by atoms with Gasteiger partial charge in [-0.1, -0.05) is 12.1 Å². The fraction of sp³-hybridized carbons (Fsp3) is 0.118. The highest BCUT2D eigenvalue weighted by Gasteiger charge is 2.19. The van der Waals surface area contributed by atoms with Crippen molar-refractivity contribution in [2.75, 3.05) is 0 Å². The number of nitro benzene ring substituents is 1. The molecule has 0 unspecified atom stereocenters. The molecule has 3 rings (SSSR count). The Hall–Kier alpha value is -3.55. The van der Waals surface area contributed by atoms with Crippen LogP contribution in [0.1, 0.15) is 11.4 Å². The van der Waals surface area contributed by atoms with E-state index < -0.39 is 4.92 Å². The summed E-state index contributed by atoms with van der Waals surface area (Å²) in [5, 5.41) is 33.2. The van der Waals surface area contributed by atoms with Crippen LogP contribution < -0.4 is 0 Å². The second-order valence-corrected chi connectivity index (χ2v) is 5.39. The summed E-state index contributed by atoms with van der Waals surface area (Å²) in [7, 11) is 0. The summed E-state index contributed by atoms with van der Waals surface area (Å²) in [6.07, 6.45) is 0. The molecule has 0 radical (unpaired) electrons. The summed E-state index contributed by atoms with van der Waals surface area (Å²) in [6, 6.07) is 12.7. The largest absolute Gasteiger partial charge is 0.508 e. The molecule has 3 aromatic rings. The van der Waals surface area contributed by atoms with Crippen LogP contribution in [0.5, 0.6) is 5.75 Å². The quantitative estimate of drug-likeness (QED) is 0.429. The lowest BCUT2D eigenvalue weighted by molar-refractivity contribution is -0.384. The molecule has 2 aromatic carbocycles. The zero-order valence-electron chi connectivity index (χ0n) is 13.6. The molecule has 8 heteroatoms. The molecule has 0 saturated heterocycles. The van der Waals surface area contributed by atoms with E-state index in [2.05, 4.69) is 15.3 Å². The van der Waals surface area contributed by atoms with Gasteiger partial charge in [-0.3, -0.25) is 10.1 Å². The Morgan fingerprint density at radius 2 is 1.76 bits per heavy atom. The zero-order chi connectivity index (χ0) is 18.0. The molecule has 0 aliphatic rings. The summed E-state index contributed by atoms with van der Waals surface area (Å²) < 4.78 is 1.50. The van der Waals surface area contributed by atoms with Crippen molar-refractivity contribution in [2.45, 2.75) is 13.8 Å². The highest BCUT2D eigenvalue weighted by atomic mass is 16.6. The SMILES string of the molecule is Cc1nn(-c2ccccc2[N+](=O)[O-])c(C)c1N=Nc1ccc(O)cc1. The summed E-state index contributed by atoms with van der Waals surface area (Å²) in [5.74, 6) is 0.149. The van der Waals surface area contributed by atoms with Crippen LogP contribution in [0.2, 0.25) is 0 Å². The predicted octanol–water partition coefficient (Wildman–Crippen LogP) is 4.52. The molecule has 25 heavy (non-hydrogen) atoms. The monoisotopic (exact) mass is 337 g/mol. The van der Waals surface area contributed by atoms with Crippen LogP contribution in [0.25, 0.3) is 5.69 Å². The van der Waals surface area contributed by atoms with Crippen LogP contribution in [0, 0.1) is 24.0 Å². The number of phenolic OH excluding ortho intramolecular Hbond substituents is 1. The molecular formula is C17H15N5O3. The van der Waals surface area contributed by atoms with Gasteiger partial charge in [0.25, 0.3) is 5.69 Å². The number of para-hydroxylation sites is 2. The van der Waals surface area contributed by atoms with E-state index in [-0.39, 0.29) is 11.4 Å². The lowest BCUT2D eigenvalue weighted by atomic mass is 10.2. The third-order valence-corrected chi connectivity index (χ3v) is 3.67. The van der Waals surface area contributed by atoms with Gasteiger partial charge in [0.05, 0.1) is 22.0 Å². The first-order chi connectivity index (χ1) is 12.0. The fourth-order valence-electron chi connectivity index (χ4n) is 2.44. The number of benzene rings is 2. The number of rotatable bonds is 4. The Bertz CT molecular complexity index is 961. The van der Waals surface area contributed by atoms with Crippen molar-refractivity contribution < 1.29 is 10.0 Å². The Balaban J connectivity index is 2.02. The van der Waals surface area contributed by atoms with Gasteiger partial charge in [0, 0.05) is 6.07 Å². The van der Waals surface area contributed by atoms with Crippen molar-refractivity contribution in [3.63, 3.8) is 0 Å². The average Bonchev–Trinajstić information content (AvgIpc) is 2.88. The van der Waals surface area contributed by atoms with Gasteiger partial charge in [0.15, 0.2) is 0 Å². The molecule has 0 aliphatic heterocycles. The molecule has 0 amide bonds. The third-order valence-electron chi connectivity index (χ3n) is 3.67. The minimum Gasteiger partial charge on any atom is -0.508 e. The average molecular weight is 337 g/mol. The van der Waals surface area contributed by atoms with E-state index in [0.29, 0.717) is 28.5 Å².